The van der Waals surface area contributed by atoms with E-state index in [1.807, 2.05) is 12.1 Å². The van der Waals surface area contributed by atoms with Crippen molar-refractivity contribution in [1.82, 2.24) is 9.55 Å². The van der Waals surface area contributed by atoms with Gasteiger partial charge < -0.3 is 14.8 Å². The van der Waals surface area contributed by atoms with E-state index in [1.165, 1.54) is 12.4 Å². The van der Waals surface area contributed by atoms with Crippen LogP contribution < -0.4 is 14.8 Å². The third kappa shape index (κ3) is 2.91. The molecule has 7 heteroatoms. The van der Waals surface area contributed by atoms with Crippen LogP contribution in [0.4, 0.5) is 10.2 Å². The summed E-state index contributed by atoms with van der Waals surface area (Å²) in [7, 11) is 3.15. The highest BCUT2D eigenvalue weighted by atomic mass is 19.1. The van der Waals surface area contributed by atoms with Crippen molar-refractivity contribution in [3.8, 4) is 17.2 Å². The predicted molar refractivity (Wildman–Crippen MR) is 98.2 cm³/mol. The summed E-state index contributed by atoms with van der Waals surface area (Å²) in [6, 6.07) is 11.8. The van der Waals surface area contributed by atoms with E-state index in [0.717, 1.165) is 5.56 Å². The van der Waals surface area contributed by atoms with E-state index in [1.54, 1.807) is 43.1 Å². The van der Waals surface area contributed by atoms with Crippen molar-refractivity contribution in [3.63, 3.8) is 0 Å². The van der Waals surface area contributed by atoms with E-state index in [2.05, 4.69) is 10.3 Å². The molecular weight excluding hydrogens is 349 g/mol. The molecule has 1 aliphatic rings. The number of methoxy groups -OCH3 is 2. The number of amides is 1. The van der Waals surface area contributed by atoms with Crippen molar-refractivity contribution in [3.05, 3.63) is 65.9 Å². The summed E-state index contributed by atoms with van der Waals surface area (Å²) in [5.41, 5.74) is 1.82. The van der Waals surface area contributed by atoms with Gasteiger partial charge in [0.15, 0.2) is 0 Å². The summed E-state index contributed by atoms with van der Waals surface area (Å²) in [4.78, 5) is 16.9. The molecule has 1 amide bonds. The average molecular weight is 367 g/mol. The number of para-hydroxylation sites is 1. The van der Waals surface area contributed by atoms with Crippen LogP contribution in [0.15, 0.2) is 48.8 Å². The number of rotatable bonds is 4. The van der Waals surface area contributed by atoms with Crippen LogP contribution in [-0.2, 0) is 4.79 Å². The molecule has 0 bridgehead atoms. The molecule has 3 aromatic rings. The van der Waals surface area contributed by atoms with E-state index < -0.39 is 5.82 Å². The standard InChI is InChI=1S/C20H18FN3O3/c1-26-12-7-8-13(17(9-12)27-2)14-10-18(25)23-20-19(14)22-11-24(20)16-6-4-3-5-15(16)21/h3-9,11,14H,10H2,1-2H3,(H,23,25). The minimum Gasteiger partial charge on any atom is -0.497 e. The molecule has 1 N–H and O–H groups in total. The van der Waals surface area contributed by atoms with Gasteiger partial charge in [0.2, 0.25) is 5.91 Å². The van der Waals surface area contributed by atoms with E-state index in [-0.39, 0.29) is 18.2 Å². The Kier molecular flexibility index (Phi) is 4.27. The fraction of sp³-hybridized carbons (Fsp3) is 0.200. The molecule has 6 nitrogen and oxygen atoms in total. The number of imidazole rings is 1. The highest BCUT2D eigenvalue weighted by Gasteiger charge is 2.33. The first-order valence-corrected chi connectivity index (χ1v) is 8.46. The molecule has 2 aromatic carbocycles. The van der Waals surface area contributed by atoms with Gasteiger partial charge in [0, 0.05) is 24.0 Å². The zero-order valence-electron chi connectivity index (χ0n) is 14.9. The number of nitrogens with one attached hydrogen (secondary N) is 1. The molecule has 0 fully saturated rings. The van der Waals surface area contributed by atoms with Crippen molar-refractivity contribution in [2.45, 2.75) is 12.3 Å². The normalized spacial score (nSPS) is 15.8. The largest absolute Gasteiger partial charge is 0.497 e. The Labute approximate surface area is 155 Å². The number of fused-ring (bicyclic) bond motifs is 1. The molecule has 1 aromatic heterocycles. The fourth-order valence-electron chi connectivity index (χ4n) is 3.40. The Morgan fingerprint density at radius 1 is 1.19 bits per heavy atom. The Bertz CT molecular complexity index is 1020. The number of ether oxygens (including phenoxy) is 2. The lowest BCUT2D eigenvalue weighted by molar-refractivity contribution is -0.116. The number of hydrogen-bond acceptors (Lipinski definition) is 4. The van der Waals surface area contributed by atoms with Gasteiger partial charge in [-0.1, -0.05) is 18.2 Å². The zero-order chi connectivity index (χ0) is 19.0. The van der Waals surface area contributed by atoms with Gasteiger partial charge in [-0.25, -0.2) is 9.37 Å². The maximum atomic E-state index is 14.2. The van der Waals surface area contributed by atoms with Gasteiger partial charge in [-0.2, -0.15) is 0 Å². The molecule has 138 valence electrons. The van der Waals surface area contributed by atoms with Crippen molar-refractivity contribution >= 4 is 11.7 Å². The van der Waals surface area contributed by atoms with Gasteiger partial charge >= 0.3 is 0 Å². The van der Waals surface area contributed by atoms with Gasteiger partial charge in [0.1, 0.15) is 29.5 Å². The lowest BCUT2D eigenvalue weighted by Crippen LogP contribution is -2.25. The van der Waals surface area contributed by atoms with Crippen LogP contribution in [0.25, 0.3) is 5.69 Å². The Morgan fingerprint density at radius 3 is 2.74 bits per heavy atom. The van der Waals surface area contributed by atoms with E-state index >= 15 is 0 Å². The third-order valence-corrected chi connectivity index (χ3v) is 4.70. The van der Waals surface area contributed by atoms with Crippen molar-refractivity contribution < 1.29 is 18.7 Å². The summed E-state index contributed by atoms with van der Waals surface area (Å²) in [5, 5.41) is 2.82. The van der Waals surface area contributed by atoms with Crippen LogP contribution in [0.5, 0.6) is 11.5 Å². The monoisotopic (exact) mass is 367 g/mol. The fourth-order valence-corrected chi connectivity index (χ4v) is 3.40. The minimum absolute atomic E-state index is 0.163. The SMILES string of the molecule is COc1ccc(C2CC(=O)Nc3c2ncn3-c2ccccc2F)c(OC)c1. The molecule has 1 aliphatic heterocycles. The molecule has 1 unspecified atom stereocenters. The van der Waals surface area contributed by atoms with Crippen LogP contribution in [0, 0.1) is 5.82 Å². The molecule has 0 saturated carbocycles. The second kappa shape index (κ2) is 6.75. The van der Waals surface area contributed by atoms with Gasteiger partial charge in [-0.05, 0) is 18.2 Å². The molecule has 4 rings (SSSR count). The lowest BCUT2D eigenvalue weighted by atomic mass is 9.89. The summed E-state index contributed by atoms with van der Waals surface area (Å²) >= 11 is 0. The number of carbonyl (C=O) groups excluding carboxylic acids is 1. The second-order valence-corrected chi connectivity index (χ2v) is 6.21. The molecule has 27 heavy (non-hydrogen) atoms. The Morgan fingerprint density at radius 2 is 2.00 bits per heavy atom. The van der Waals surface area contributed by atoms with Gasteiger partial charge in [-0.15, -0.1) is 0 Å². The maximum absolute atomic E-state index is 14.2. The van der Waals surface area contributed by atoms with E-state index in [4.69, 9.17) is 9.47 Å². The summed E-state index contributed by atoms with van der Waals surface area (Å²) < 4.78 is 26.5. The van der Waals surface area contributed by atoms with Crippen molar-refractivity contribution in [2.24, 2.45) is 0 Å². The first kappa shape index (κ1) is 17.1. The van der Waals surface area contributed by atoms with Crippen molar-refractivity contribution in [1.29, 1.82) is 0 Å². The number of halogens is 1. The predicted octanol–water partition coefficient (Wildman–Crippen LogP) is 3.50. The topological polar surface area (TPSA) is 65.4 Å². The molecule has 1 atom stereocenters. The van der Waals surface area contributed by atoms with Gasteiger partial charge in [0.25, 0.3) is 0 Å². The number of anilines is 1. The third-order valence-electron chi connectivity index (χ3n) is 4.70. The van der Waals surface area contributed by atoms with Gasteiger partial charge in [-0.3, -0.25) is 9.36 Å². The first-order valence-electron chi connectivity index (χ1n) is 8.46. The van der Waals surface area contributed by atoms with Crippen LogP contribution in [0.1, 0.15) is 23.6 Å². The van der Waals surface area contributed by atoms with Gasteiger partial charge in [0.05, 0.1) is 25.6 Å². The highest BCUT2D eigenvalue weighted by Crippen LogP contribution is 2.41. The number of benzene rings is 2. The zero-order valence-corrected chi connectivity index (χ0v) is 14.9. The Hall–Kier alpha value is -3.35. The quantitative estimate of drug-likeness (QED) is 0.766. The molecule has 0 spiro atoms. The highest BCUT2D eigenvalue weighted by molar-refractivity contribution is 5.94. The molecule has 0 aliphatic carbocycles. The molecule has 0 radical (unpaired) electrons. The van der Waals surface area contributed by atoms with Crippen LogP contribution in [0.3, 0.4) is 0 Å². The average Bonchev–Trinajstić information content (AvgIpc) is 3.10. The summed E-state index contributed by atoms with van der Waals surface area (Å²) in [6.07, 6.45) is 1.75. The van der Waals surface area contributed by atoms with Crippen LogP contribution in [0.2, 0.25) is 0 Å². The van der Waals surface area contributed by atoms with Crippen molar-refractivity contribution in [2.75, 3.05) is 19.5 Å². The first-order chi connectivity index (χ1) is 13.1. The lowest BCUT2D eigenvalue weighted by Gasteiger charge is -2.25. The Balaban J connectivity index is 1.84. The van der Waals surface area contributed by atoms with Crippen LogP contribution in [-0.4, -0.2) is 29.7 Å². The minimum atomic E-state index is -0.392. The summed E-state index contributed by atoms with van der Waals surface area (Å²) in [5.74, 6) is 0.884. The number of nitrogens with zero attached hydrogens (tertiary/aromatic N) is 2. The van der Waals surface area contributed by atoms with E-state index in [9.17, 15) is 9.18 Å². The molecular formula is C20H18FN3O3. The number of aromatic nitrogens is 2. The maximum Gasteiger partial charge on any atom is 0.226 e. The number of carbonyl (C=O) groups is 1. The second-order valence-electron chi connectivity index (χ2n) is 6.21. The number of hydrogen-bond donors (Lipinski definition) is 1. The molecule has 2 heterocycles. The van der Waals surface area contributed by atoms with Crippen LogP contribution >= 0.6 is 0 Å². The molecule has 0 saturated heterocycles. The van der Waals surface area contributed by atoms with E-state index in [0.29, 0.717) is 28.7 Å². The smallest absolute Gasteiger partial charge is 0.226 e. The summed E-state index contributed by atoms with van der Waals surface area (Å²) in [6.45, 7) is 0.